The molecule has 1 aliphatic heterocycles. The third-order valence-electron chi connectivity index (χ3n) is 5.40. The number of aliphatic hydroxyl groups excluding tert-OH is 1. The largest absolute Gasteiger partial charge is 0.396 e. The first-order valence-corrected chi connectivity index (χ1v) is 11.8. The van der Waals surface area contributed by atoms with Gasteiger partial charge in [-0.05, 0) is 43.9 Å². The van der Waals surface area contributed by atoms with Crippen molar-refractivity contribution in [2.45, 2.75) is 31.7 Å². The lowest BCUT2D eigenvalue weighted by Gasteiger charge is -2.09. The second-order valence-electron chi connectivity index (χ2n) is 8.10. The zero-order valence-corrected chi connectivity index (χ0v) is 18.9. The molecule has 2 aliphatic rings. The maximum Gasteiger partial charge on any atom is 0.326 e. The van der Waals surface area contributed by atoms with Crippen LogP contribution in [0.1, 0.15) is 40.9 Å². The third-order valence-corrected chi connectivity index (χ3v) is 6.51. The van der Waals surface area contributed by atoms with E-state index in [-0.39, 0.29) is 18.2 Å². The number of carbonyl (C=O) groups is 3. The Kier molecular flexibility index (Phi) is 5.99. The van der Waals surface area contributed by atoms with Gasteiger partial charge in [0.05, 0.1) is 21.6 Å². The van der Waals surface area contributed by atoms with Crippen LogP contribution in [-0.2, 0) is 4.79 Å². The number of hydrogen-bond donors (Lipinski definition) is 5. The number of amides is 4. The number of aliphatic hydroxyl groups is 1. The lowest BCUT2D eigenvalue weighted by molar-refractivity contribution is -0.115. The van der Waals surface area contributed by atoms with Gasteiger partial charge in [-0.2, -0.15) is 9.61 Å². The minimum absolute atomic E-state index is 0.106. The Hall–Kier alpha value is -3.77. The molecule has 12 heteroatoms. The van der Waals surface area contributed by atoms with E-state index in [9.17, 15) is 14.4 Å². The Morgan fingerprint density at radius 1 is 1.26 bits per heavy atom. The van der Waals surface area contributed by atoms with Gasteiger partial charge in [-0.1, -0.05) is 0 Å². The average molecular weight is 482 g/mol. The van der Waals surface area contributed by atoms with Crippen LogP contribution in [0.4, 0.5) is 10.6 Å². The van der Waals surface area contributed by atoms with Crippen LogP contribution in [0.2, 0.25) is 0 Å². The quantitative estimate of drug-likeness (QED) is 0.177. The summed E-state index contributed by atoms with van der Waals surface area (Å²) in [4.78, 5) is 42.0. The number of nitrogens with zero attached hydrogens (tertiary/aromatic N) is 3. The van der Waals surface area contributed by atoms with Crippen LogP contribution in [0.15, 0.2) is 30.1 Å². The summed E-state index contributed by atoms with van der Waals surface area (Å²) in [6.07, 6.45) is 6.64. The molecule has 3 aromatic heterocycles. The van der Waals surface area contributed by atoms with Crippen LogP contribution >= 0.6 is 11.3 Å². The minimum Gasteiger partial charge on any atom is -0.396 e. The zero-order valence-electron chi connectivity index (χ0n) is 18.1. The van der Waals surface area contributed by atoms with Crippen molar-refractivity contribution < 1.29 is 19.5 Å². The molecule has 1 saturated carbocycles. The van der Waals surface area contributed by atoms with Gasteiger partial charge in [0.1, 0.15) is 11.5 Å². The number of imide groups is 1. The molecular weight excluding hydrogens is 458 g/mol. The summed E-state index contributed by atoms with van der Waals surface area (Å²) in [5.41, 5.74) is 1.89. The van der Waals surface area contributed by atoms with Crippen molar-refractivity contribution in [3.63, 3.8) is 0 Å². The van der Waals surface area contributed by atoms with Crippen LogP contribution in [0, 0.1) is 0 Å². The molecule has 3 aromatic rings. The van der Waals surface area contributed by atoms with Crippen molar-refractivity contribution >= 4 is 46.7 Å². The van der Waals surface area contributed by atoms with E-state index in [1.165, 1.54) is 11.3 Å². The van der Waals surface area contributed by atoms with Crippen LogP contribution in [0.3, 0.4) is 0 Å². The van der Waals surface area contributed by atoms with Crippen LogP contribution in [0.5, 0.6) is 0 Å². The van der Waals surface area contributed by atoms with Crippen molar-refractivity contribution in [1.29, 1.82) is 0 Å². The van der Waals surface area contributed by atoms with Gasteiger partial charge in [0.25, 0.3) is 11.8 Å². The van der Waals surface area contributed by atoms with Crippen LogP contribution in [-0.4, -0.2) is 56.7 Å². The number of carbonyl (C=O) groups excluding carboxylic acids is 3. The molecule has 1 aliphatic carbocycles. The predicted molar refractivity (Wildman–Crippen MR) is 126 cm³/mol. The fraction of sp³-hybridized carbons (Fsp3) is 0.318. The standard InChI is InChI=1S/C22H23N7O4S/c30-8-2-1-7-23-21(32)17-6-5-16(34-17)14-10-18(25-13-3-4-13)29-19(26-14)12(11-24-29)9-15-20(31)28-22(33)27-15/h5-6,9-11,13,25,30H,1-4,7-8H2,(H,23,32)(H2,27,28,31,33)/b15-9-. The number of aromatic nitrogens is 3. The summed E-state index contributed by atoms with van der Waals surface area (Å²) in [6, 6.07) is 5.31. The smallest absolute Gasteiger partial charge is 0.326 e. The van der Waals surface area contributed by atoms with Gasteiger partial charge < -0.3 is 21.1 Å². The fourth-order valence-electron chi connectivity index (χ4n) is 3.51. The Bertz CT molecular complexity index is 1310. The molecule has 1 saturated heterocycles. The maximum atomic E-state index is 12.5. The summed E-state index contributed by atoms with van der Waals surface area (Å²) >= 11 is 1.33. The molecule has 0 radical (unpaired) electrons. The first-order valence-electron chi connectivity index (χ1n) is 11.0. The molecule has 5 N–H and O–H groups in total. The number of thiophene rings is 1. The topological polar surface area (TPSA) is 150 Å². The highest BCUT2D eigenvalue weighted by Gasteiger charge is 2.25. The number of rotatable bonds is 9. The van der Waals surface area contributed by atoms with Gasteiger partial charge in [0, 0.05) is 30.8 Å². The molecule has 5 rings (SSSR count). The van der Waals surface area contributed by atoms with Crippen LogP contribution in [0.25, 0.3) is 22.3 Å². The number of hydrogen-bond acceptors (Lipinski definition) is 8. The van der Waals surface area contributed by atoms with Crippen molar-refractivity contribution in [1.82, 2.24) is 30.5 Å². The molecular formula is C22H23N7O4S. The Labute approximate surface area is 198 Å². The highest BCUT2D eigenvalue weighted by molar-refractivity contribution is 7.17. The molecule has 176 valence electrons. The van der Waals surface area contributed by atoms with E-state index in [0.717, 1.165) is 23.5 Å². The summed E-state index contributed by atoms with van der Waals surface area (Å²) in [7, 11) is 0. The van der Waals surface area contributed by atoms with E-state index < -0.39 is 11.9 Å². The second kappa shape index (κ2) is 9.23. The third kappa shape index (κ3) is 4.63. The van der Waals surface area contributed by atoms with Gasteiger partial charge in [0.15, 0.2) is 5.65 Å². The average Bonchev–Trinajstić information content (AvgIpc) is 3.19. The molecule has 4 heterocycles. The van der Waals surface area contributed by atoms with Gasteiger partial charge in [-0.25, -0.2) is 9.78 Å². The summed E-state index contributed by atoms with van der Waals surface area (Å²) in [5.74, 6) is 0.0876. The number of urea groups is 1. The highest BCUT2D eigenvalue weighted by Crippen LogP contribution is 2.32. The Balaban J connectivity index is 1.47. The lowest BCUT2D eigenvalue weighted by atomic mass is 10.2. The number of unbranched alkanes of at least 4 members (excludes halogenated alkanes) is 1. The molecule has 4 amide bonds. The predicted octanol–water partition coefficient (Wildman–Crippen LogP) is 1.71. The van der Waals surface area contributed by atoms with Crippen molar-refractivity contribution in [3.8, 4) is 10.6 Å². The molecule has 2 fully saturated rings. The molecule has 0 aromatic carbocycles. The second-order valence-corrected chi connectivity index (χ2v) is 9.18. The SMILES string of the molecule is O=C1NC(=O)/C(=C/c2cnn3c(NC4CC4)cc(-c4ccc(C(=O)NCCCCO)s4)nc23)N1. The first kappa shape index (κ1) is 22.0. The molecule has 0 bridgehead atoms. The molecule has 11 nitrogen and oxygen atoms in total. The number of fused-ring (bicyclic) bond motifs is 1. The number of anilines is 1. The van der Waals surface area contributed by atoms with E-state index in [1.807, 2.05) is 12.1 Å². The van der Waals surface area contributed by atoms with Gasteiger partial charge >= 0.3 is 6.03 Å². The monoisotopic (exact) mass is 481 g/mol. The molecule has 0 atom stereocenters. The summed E-state index contributed by atoms with van der Waals surface area (Å²) in [6.45, 7) is 0.610. The zero-order chi connectivity index (χ0) is 23.7. The summed E-state index contributed by atoms with van der Waals surface area (Å²) < 4.78 is 1.67. The molecule has 34 heavy (non-hydrogen) atoms. The Morgan fingerprint density at radius 2 is 2.12 bits per heavy atom. The van der Waals surface area contributed by atoms with Crippen molar-refractivity contribution in [2.75, 3.05) is 18.5 Å². The molecule has 0 spiro atoms. The van der Waals surface area contributed by atoms with E-state index in [4.69, 9.17) is 10.1 Å². The number of nitrogens with one attached hydrogen (secondary N) is 4. The Morgan fingerprint density at radius 3 is 2.85 bits per heavy atom. The van der Waals surface area contributed by atoms with E-state index in [1.54, 1.807) is 22.9 Å². The van der Waals surface area contributed by atoms with Gasteiger partial charge in [-0.3, -0.25) is 14.9 Å². The fourth-order valence-corrected chi connectivity index (χ4v) is 4.39. The summed E-state index contributed by atoms with van der Waals surface area (Å²) in [5, 5.41) is 24.3. The van der Waals surface area contributed by atoms with Gasteiger partial charge in [0.2, 0.25) is 0 Å². The van der Waals surface area contributed by atoms with Crippen LogP contribution < -0.4 is 21.3 Å². The van der Waals surface area contributed by atoms with E-state index in [2.05, 4.69) is 26.4 Å². The van der Waals surface area contributed by atoms with Crippen molar-refractivity contribution in [2.24, 2.45) is 0 Å². The normalized spacial score (nSPS) is 16.7. The lowest BCUT2D eigenvalue weighted by Crippen LogP contribution is -2.23. The first-order chi connectivity index (χ1) is 16.5. The van der Waals surface area contributed by atoms with Gasteiger partial charge in [-0.15, -0.1) is 11.3 Å². The van der Waals surface area contributed by atoms with Crippen molar-refractivity contribution in [3.05, 3.63) is 40.5 Å². The highest BCUT2D eigenvalue weighted by atomic mass is 32.1. The van der Waals surface area contributed by atoms with E-state index in [0.29, 0.717) is 47.2 Å². The maximum absolute atomic E-state index is 12.5. The minimum atomic E-state index is -0.571. The molecule has 0 unspecified atom stereocenters. The van der Waals surface area contributed by atoms with E-state index >= 15 is 0 Å².